The van der Waals surface area contributed by atoms with Crippen molar-refractivity contribution >= 4 is 11.7 Å². The smallest absolute Gasteiger partial charge is 0.335 e. The van der Waals surface area contributed by atoms with Crippen LogP contribution in [0, 0.1) is 0 Å². The number of benzene rings is 1. The molecule has 0 fully saturated rings. The highest BCUT2D eigenvalue weighted by atomic mass is 16.4. The lowest BCUT2D eigenvalue weighted by Gasteiger charge is -2.18. The summed E-state index contributed by atoms with van der Waals surface area (Å²) in [6, 6.07) is 5.03. The molecule has 0 saturated heterocycles. The van der Waals surface area contributed by atoms with Gasteiger partial charge in [-0.05, 0) is 17.5 Å². The molecule has 1 rings (SSSR count). The van der Waals surface area contributed by atoms with Crippen molar-refractivity contribution < 1.29 is 20.1 Å². The molecule has 5 heteroatoms. The highest BCUT2D eigenvalue weighted by Crippen LogP contribution is 2.27. The summed E-state index contributed by atoms with van der Waals surface area (Å²) in [7, 11) is 0. The van der Waals surface area contributed by atoms with Gasteiger partial charge in [0.05, 0.1) is 0 Å². The van der Waals surface area contributed by atoms with Gasteiger partial charge in [0.15, 0.2) is 6.10 Å². The Morgan fingerprint density at radius 1 is 1.29 bits per heavy atom. The molecule has 17 heavy (non-hydrogen) atoms. The molecule has 94 valence electrons. The summed E-state index contributed by atoms with van der Waals surface area (Å²) in [6.45, 7) is 3.94. The lowest BCUT2D eigenvalue weighted by atomic mass is 9.95. The maximum atomic E-state index is 10.6. The standard InChI is InChI=1S/C12H17NO4/c1-6(2)7-3-4-9(13)8(5-7)10(14)11(15)12(16)17/h3-6,10-11,14-15H,13H2,1-2H3,(H,16,17). The summed E-state index contributed by atoms with van der Waals surface area (Å²) in [5.74, 6) is -1.25. The quantitative estimate of drug-likeness (QED) is 0.584. The highest BCUT2D eigenvalue weighted by Gasteiger charge is 2.26. The number of anilines is 1. The Kier molecular flexibility index (Phi) is 4.09. The molecule has 0 aliphatic heterocycles. The minimum atomic E-state index is -1.88. The van der Waals surface area contributed by atoms with Crippen molar-refractivity contribution in [1.29, 1.82) is 0 Å². The fourth-order valence-electron chi connectivity index (χ4n) is 1.51. The lowest BCUT2D eigenvalue weighted by Crippen LogP contribution is -2.28. The van der Waals surface area contributed by atoms with Gasteiger partial charge < -0.3 is 21.1 Å². The SMILES string of the molecule is CC(C)c1ccc(N)c(C(O)C(O)C(=O)O)c1. The molecule has 0 bridgehead atoms. The third-order valence-corrected chi connectivity index (χ3v) is 2.65. The second-order valence-corrected chi connectivity index (χ2v) is 4.27. The molecule has 1 aromatic rings. The zero-order valence-electron chi connectivity index (χ0n) is 9.79. The van der Waals surface area contributed by atoms with E-state index >= 15 is 0 Å². The molecule has 0 heterocycles. The van der Waals surface area contributed by atoms with Gasteiger partial charge in [0, 0.05) is 11.3 Å². The maximum Gasteiger partial charge on any atom is 0.335 e. The molecule has 0 spiro atoms. The zero-order chi connectivity index (χ0) is 13.2. The van der Waals surface area contributed by atoms with E-state index in [4.69, 9.17) is 10.8 Å². The number of hydrogen-bond acceptors (Lipinski definition) is 4. The lowest BCUT2D eigenvalue weighted by molar-refractivity contribution is -0.153. The summed E-state index contributed by atoms with van der Waals surface area (Å²) < 4.78 is 0. The minimum absolute atomic E-state index is 0.225. The number of aliphatic hydroxyl groups excluding tert-OH is 2. The van der Waals surface area contributed by atoms with E-state index in [1.165, 1.54) is 0 Å². The molecule has 5 N–H and O–H groups in total. The first-order valence-corrected chi connectivity index (χ1v) is 5.32. The van der Waals surface area contributed by atoms with Crippen molar-refractivity contribution in [3.8, 4) is 0 Å². The van der Waals surface area contributed by atoms with Crippen LogP contribution in [0.1, 0.15) is 37.0 Å². The Hall–Kier alpha value is -1.59. The summed E-state index contributed by atoms with van der Waals surface area (Å²) in [6.07, 6.45) is -3.40. The van der Waals surface area contributed by atoms with Crippen LogP contribution in [0.2, 0.25) is 0 Å². The molecule has 5 nitrogen and oxygen atoms in total. The summed E-state index contributed by atoms with van der Waals surface area (Å²) in [4.78, 5) is 10.6. The number of carbonyl (C=O) groups is 1. The Labute approximate surface area is 99.5 Å². The number of aliphatic hydroxyl groups is 2. The van der Waals surface area contributed by atoms with E-state index in [-0.39, 0.29) is 17.2 Å². The number of hydrogen-bond donors (Lipinski definition) is 4. The minimum Gasteiger partial charge on any atom is -0.479 e. The van der Waals surface area contributed by atoms with E-state index < -0.39 is 18.2 Å². The van der Waals surface area contributed by atoms with Crippen LogP contribution in [0.5, 0.6) is 0 Å². The van der Waals surface area contributed by atoms with Crippen molar-refractivity contribution in [3.05, 3.63) is 29.3 Å². The zero-order valence-corrected chi connectivity index (χ0v) is 9.79. The number of carboxylic acid groups (broad SMARTS) is 1. The molecule has 0 aliphatic rings. The number of aliphatic carboxylic acids is 1. The highest BCUT2D eigenvalue weighted by molar-refractivity contribution is 5.73. The van der Waals surface area contributed by atoms with Crippen LogP contribution in [0.15, 0.2) is 18.2 Å². The van der Waals surface area contributed by atoms with Gasteiger partial charge in [0.25, 0.3) is 0 Å². The molecular weight excluding hydrogens is 222 g/mol. The summed E-state index contributed by atoms with van der Waals surface area (Å²) in [5.41, 5.74) is 7.09. The molecule has 0 amide bonds. The molecule has 2 atom stereocenters. The van der Waals surface area contributed by atoms with E-state index in [9.17, 15) is 15.0 Å². The van der Waals surface area contributed by atoms with Crippen molar-refractivity contribution in [2.75, 3.05) is 5.73 Å². The number of rotatable bonds is 4. The first-order valence-electron chi connectivity index (χ1n) is 5.32. The van der Waals surface area contributed by atoms with Gasteiger partial charge >= 0.3 is 5.97 Å². The topological polar surface area (TPSA) is 104 Å². The fourth-order valence-corrected chi connectivity index (χ4v) is 1.51. The Morgan fingerprint density at radius 2 is 1.88 bits per heavy atom. The van der Waals surface area contributed by atoms with Crippen molar-refractivity contribution in [1.82, 2.24) is 0 Å². The molecule has 2 unspecified atom stereocenters. The second-order valence-electron chi connectivity index (χ2n) is 4.27. The molecule has 0 saturated carbocycles. The molecular formula is C12H17NO4. The van der Waals surface area contributed by atoms with Crippen molar-refractivity contribution in [2.45, 2.75) is 32.0 Å². The maximum absolute atomic E-state index is 10.6. The number of nitrogens with two attached hydrogens (primary N) is 1. The van der Waals surface area contributed by atoms with Gasteiger partial charge in [-0.3, -0.25) is 0 Å². The van der Waals surface area contributed by atoms with Crippen LogP contribution in [-0.4, -0.2) is 27.4 Å². The van der Waals surface area contributed by atoms with Gasteiger partial charge in [-0.1, -0.05) is 26.0 Å². The van der Waals surface area contributed by atoms with Crippen LogP contribution in [0.3, 0.4) is 0 Å². The summed E-state index contributed by atoms with van der Waals surface area (Å²) in [5, 5.41) is 27.7. The Morgan fingerprint density at radius 3 is 2.35 bits per heavy atom. The van der Waals surface area contributed by atoms with Crippen LogP contribution in [0.4, 0.5) is 5.69 Å². The van der Waals surface area contributed by atoms with E-state index in [0.29, 0.717) is 0 Å². The average molecular weight is 239 g/mol. The van der Waals surface area contributed by atoms with Gasteiger partial charge in [-0.25, -0.2) is 4.79 Å². The van der Waals surface area contributed by atoms with Crippen LogP contribution in [0.25, 0.3) is 0 Å². The predicted octanol–water partition coefficient (Wildman–Crippen LogP) is 0.871. The van der Waals surface area contributed by atoms with E-state index in [1.54, 1.807) is 12.1 Å². The van der Waals surface area contributed by atoms with Crippen molar-refractivity contribution in [3.63, 3.8) is 0 Å². The third kappa shape index (κ3) is 2.95. The Bertz CT molecular complexity index is 417. The van der Waals surface area contributed by atoms with E-state index in [1.807, 2.05) is 19.9 Å². The van der Waals surface area contributed by atoms with E-state index in [2.05, 4.69) is 0 Å². The average Bonchev–Trinajstić information content (AvgIpc) is 2.27. The molecule has 1 aromatic carbocycles. The third-order valence-electron chi connectivity index (χ3n) is 2.65. The van der Waals surface area contributed by atoms with Gasteiger partial charge in [0.2, 0.25) is 0 Å². The first-order chi connectivity index (χ1) is 7.84. The number of nitrogen functional groups attached to an aromatic ring is 1. The fraction of sp³-hybridized carbons (Fsp3) is 0.417. The van der Waals surface area contributed by atoms with Crippen LogP contribution in [-0.2, 0) is 4.79 Å². The normalized spacial score (nSPS) is 14.6. The predicted molar refractivity (Wildman–Crippen MR) is 63.5 cm³/mol. The molecule has 0 aromatic heterocycles. The second kappa shape index (κ2) is 5.16. The van der Waals surface area contributed by atoms with Gasteiger partial charge in [-0.2, -0.15) is 0 Å². The van der Waals surface area contributed by atoms with Crippen LogP contribution >= 0.6 is 0 Å². The van der Waals surface area contributed by atoms with E-state index in [0.717, 1.165) is 5.56 Å². The largest absolute Gasteiger partial charge is 0.479 e. The van der Waals surface area contributed by atoms with Gasteiger partial charge in [0.1, 0.15) is 6.10 Å². The first kappa shape index (κ1) is 13.5. The monoisotopic (exact) mass is 239 g/mol. The summed E-state index contributed by atoms with van der Waals surface area (Å²) >= 11 is 0. The Balaban J connectivity index is 3.11. The van der Waals surface area contributed by atoms with Crippen LogP contribution < -0.4 is 5.73 Å². The molecule has 0 radical (unpaired) electrons. The van der Waals surface area contributed by atoms with Crippen molar-refractivity contribution in [2.24, 2.45) is 0 Å². The van der Waals surface area contributed by atoms with Gasteiger partial charge in [-0.15, -0.1) is 0 Å². The number of carboxylic acids is 1. The molecule has 0 aliphatic carbocycles.